The highest BCUT2D eigenvalue weighted by molar-refractivity contribution is 7.26. The van der Waals surface area contributed by atoms with Crippen LogP contribution in [-0.2, 0) is 0 Å². The molecule has 0 aliphatic carbocycles. The third kappa shape index (κ3) is 1.63. The fourth-order valence-corrected chi connectivity index (χ4v) is 2.22. The highest BCUT2D eigenvalue weighted by Gasteiger charge is 2.07. The van der Waals surface area contributed by atoms with Crippen LogP contribution in [0, 0.1) is 0 Å². The van der Waals surface area contributed by atoms with Gasteiger partial charge < -0.3 is 10.2 Å². The first-order chi connectivity index (χ1) is 4.74. The van der Waals surface area contributed by atoms with Crippen LogP contribution in [-0.4, -0.2) is 16.8 Å². The molecule has 0 spiro atoms. The maximum absolute atomic E-state index is 10.6. The smallest absolute Gasteiger partial charge is 0.287 e. The van der Waals surface area contributed by atoms with Gasteiger partial charge in [0.05, 0.1) is 11.5 Å². The quantitative estimate of drug-likeness (QED) is 0.680. The summed E-state index contributed by atoms with van der Waals surface area (Å²) in [5, 5.41) is 19.0. The predicted octanol–water partition coefficient (Wildman–Crippen LogP) is 0.196. The molecule has 1 rings (SSSR count). The van der Waals surface area contributed by atoms with Crippen molar-refractivity contribution >= 4 is 22.7 Å². The van der Waals surface area contributed by atoms with E-state index >= 15 is 0 Å². The molecule has 1 aromatic rings. The van der Waals surface area contributed by atoms with Crippen LogP contribution in [0.4, 0.5) is 0 Å². The maximum atomic E-state index is 10.6. The van der Waals surface area contributed by atoms with Crippen molar-refractivity contribution in [2.45, 2.75) is 6.10 Å². The lowest BCUT2D eigenvalue weighted by Gasteiger charge is -1.99. The Morgan fingerprint density at radius 2 is 2.40 bits per heavy atom. The van der Waals surface area contributed by atoms with Crippen LogP contribution in [0.2, 0.25) is 0 Å². The van der Waals surface area contributed by atoms with Crippen LogP contribution in [0.3, 0.4) is 0 Å². The van der Waals surface area contributed by atoms with Crippen LogP contribution in [0.25, 0.3) is 0 Å². The zero-order valence-corrected chi connectivity index (χ0v) is 6.61. The molecule has 0 fully saturated rings. The van der Waals surface area contributed by atoms with Crippen molar-refractivity contribution in [3.8, 4) is 0 Å². The molecule has 5 heteroatoms. The van der Waals surface area contributed by atoms with E-state index in [0.717, 1.165) is 22.7 Å². The molecule has 10 heavy (non-hydrogen) atoms. The van der Waals surface area contributed by atoms with Crippen molar-refractivity contribution in [3.05, 3.63) is 19.1 Å². The lowest BCUT2D eigenvalue weighted by molar-refractivity contribution is 0.0985. The Bertz CT molecular complexity index is 251. The molecule has 2 N–H and O–H groups in total. The Balaban J connectivity index is 2.84. The number of hydrogen-bond acceptors (Lipinski definition) is 5. The van der Waals surface area contributed by atoms with Crippen molar-refractivity contribution in [2.75, 3.05) is 6.61 Å². The van der Waals surface area contributed by atoms with E-state index in [2.05, 4.69) is 0 Å². The SMILES string of the molecule is O=c1scc(C(O)CO)s1. The van der Waals surface area contributed by atoms with Gasteiger partial charge in [-0.1, -0.05) is 22.7 Å². The lowest BCUT2D eigenvalue weighted by atomic mass is 10.3. The topological polar surface area (TPSA) is 57.5 Å². The van der Waals surface area contributed by atoms with Gasteiger partial charge >= 0.3 is 0 Å². The third-order valence-electron chi connectivity index (χ3n) is 0.974. The summed E-state index contributed by atoms with van der Waals surface area (Å²) in [7, 11) is 0. The van der Waals surface area contributed by atoms with Gasteiger partial charge in [0.25, 0.3) is 4.06 Å². The number of rotatable bonds is 2. The summed E-state index contributed by atoms with van der Waals surface area (Å²) in [4.78, 5) is 11.1. The third-order valence-corrected chi connectivity index (χ3v) is 3.02. The van der Waals surface area contributed by atoms with Gasteiger partial charge in [0, 0.05) is 5.38 Å². The van der Waals surface area contributed by atoms with E-state index in [9.17, 15) is 4.79 Å². The second kappa shape index (κ2) is 3.25. The Hall–Kier alpha value is -0.230. The van der Waals surface area contributed by atoms with Crippen LogP contribution < -0.4 is 4.06 Å². The summed E-state index contributed by atoms with van der Waals surface area (Å²) < 4.78 is -0.0532. The molecule has 1 heterocycles. The largest absolute Gasteiger partial charge is 0.393 e. The molecule has 0 aliphatic rings. The van der Waals surface area contributed by atoms with E-state index in [-0.39, 0.29) is 10.7 Å². The fraction of sp³-hybridized carbons (Fsp3) is 0.400. The van der Waals surface area contributed by atoms with Gasteiger partial charge in [-0.3, -0.25) is 4.79 Å². The summed E-state index contributed by atoms with van der Waals surface area (Å²) in [6.45, 7) is -0.327. The van der Waals surface area contributed by atoms with Gasteiger partial charge in [0.2, 0.25) is 0 Å². The van der Waals surface area contributed by atoms with Crippen molar-refractivity contribution in [3.63, 3.8) is 0 Å². The molecule has 1 aromatic heterocycles. The van der Waals surface area contributed by atoms with Crippen molar-refractivity contribution in [2.24, 2.45) is 0 Å². The molecule has 0 aromatic carbocycles. The molecule has 0 radical (unpaired) electrons. The van der Waals surface area contributed by atoms with Crippen LogP contribution in [0.15, 0.2) is 10.2 Å². The maximum Gasteiger partial charge on any atom is 0.287 e. The average molecular weight is 178 g/mol. The minimum Gasteiger partial charge on any atom is -0.393 e. The van der Waals surface area contributed by atoms with E-state index in [1.165, 1.54) is 0 Å². The highest BCUT2D eigenvalue weighted by atomic mass is 32.2. The van der Waals surface area contributed by atoms with Gasteiger partial charge in [-0.2, -0.15) is 0 Å². The summed E-state index contributed by atoms with van der Waals surface area (Å²) in [5.74, 6) is 0. The van der Waals surface area contributed by atoms with Gasteiger partial charge in [-0.05, 0) is 0 Å². The zero-order chi connectivity index (χ0) is 7.56. The second-order valence-electron chi connectivity index (χ2n) is 1.69. The summed E-state index contributed by atoms with van der Waals surface area (Å²) in [6, 6.07) is 0. The highest BCUT2D eigenvalue weighted by Crippen LogP contribution is 2.16. The van der Waals surface area contributed by atoms with E-state index in [0.29, 0.717) is 4.88 Å². The average Bonchev–Trinajstić information content (AvgIpc) is 2.34. The molecule has 0 amide bonds. The molecular weight excluding hydrogens is 172 g/mol. The van der Waals surface area contributed by atoms with E-state index in [4.69, 9.17) is 10.2 Å². The van der Waals surface area contributed by atoms with Gasteiger partial charge in [-0.15, -0.1) is 0 Å². The molecule has 0 saturated heterocycles. The van der Waals surface area contributed by atoms with E-state index < -0.39 is 6.10 Å². The molecule has 1 atom stereocenters. The molecular formula is C5H6O3S2. The molecule has 0 aliphatic heterocycles. The van der Waals surface area contributed by atoms with Gasteiger partial charge in [-0.25, -0.2) is 0 Å². The van der Waals surface area contributed by atoms with Crippen LogP contribution in [0.5, 0.6) is 0 Å². The number of aliphatic hydroxyl groups excluding tert-OH is 2. The second-order valence-corrected chi connectivity index (χ2v) is 3.84. The van der Waals surface area contributed by atoms with E-state index in [1.54, 1.807) is 5.38 Å². The Morgan fingerprint density at radius 3 is 2.80 bits per heavy atom. The first-order valence-electron chi connectivity index (χ1n) is 2.61. The predicted molar refractivity (Wildman–Crippen MR) is 40.5 cm³/mol. The Kier molecular flexibility index (Phi) is 2.56. The first-order valence-corrected chi connectivity index (χ1v) is 4.31. The van der Waals surface area contributed by atoms with Gasteiger partial charge in [0.1, 0.15) is 6.10 Å². The standard InChI is InChI=1S/C5H6O3S2/c6-1-3(7)4-2-9-5(8)10-4/h2-3,6-7H,1H2. The van der Waals surface area contributed by atoms with Crippen LogP contribution in [0.1, 0.15) is 11.0 Å². The van der Waals surface area contributed by atoms with Crippen molar-refractivity contribution in [1.29, 1.82) is 0 Å². The summed E-state index contributed by atoms with van der Waals surface area (Å²) >= 11 is 2.01. The molecule has 0 saturated carbocycles. The van der Waals surface area contributed by atoms with Crippen molar-refractivity contribution in [1.82, 2.24) is 0 Å². The monoisotopic (exact) mass is 178 g/mol. The Morgan fingerprint density at radius 1 is 1.70 bits per heavy atom. The normalized spacial score (nSPS) is 13.4. The fourth-order valence-electron chi connectivity index (χ4n) is 0.487. The first kappa shape index (κ1) is 7.87. The molecule has 0 bridgehead atoms. The summed E-state index contributed by atoms with van der Waals surface area (Å²) in [6.07, 6.45) is -0.885. The molecule has 56 valence electrons. The summed E-state index contributed by atoms with van der Waals surface area (Å²) in [5.41, 5.74) is 0. The molecule has 3 nitrogen and oxygen atoms in total. The lowest BCUT2D eigenvalue weighted by Crippen LogP contribution is -1.99. The zero-order valence-electron chi connectivity index (χ0n) is 4.98. The Labute approximate surface area is 65.2 Å². The minimum absolute atomic E-state index is 0.0532. The number of aliphatic hydroxyl groups is 2. The number of hydrogen-bond donors (Lipinski definition) is 2. The molecule has 1 unspecified atom stereocenters. The van der Waals surface area contributed by atoms with E-state index in [1.807, 2.05) is 0 Å². The van der Waals surface area contributed by atoms with Gasteiger partial charge in [0.15, 0.2) is 0 Å². The van der Waals surface area contributed by atoms with Crippen molar-refractivity contribution < 1.29 is 10.2 Å². The minimum atomic E-state index is -0.885. The van der Waals surface area contributed by atoms with Crippen LogP contribution >= 0.6 is 22.7 Å².